The second kappa shape index (κ2) is 6.76. The molecule has 0 fully saturated rings. The molecule has 0 heterocycles. The lowest BCUT2D eigenvalue weighted by molar-refractivity contribution is -0.113. The van der Waals surface area contributed by atoms with Crippen LogP contribution in [0.1, 0.15) is 5.56 Å². The summed E-state index contributed by atoms with van der Waals surface area (Å²) in [6.07, 6.45) is 1.06. The Morgan fingerprint density at radius 2 is 1.75 bits per heavy atom. The van der Waals surface area contributed by atoms with Crippen molar-refractivity contribution in [3.63, 3.8) is 0 Å². The Kier molecular flexibility index (Phi) is 6.06. The molecule has 0 spiro atoms. The zero-order valence-electron chi connectivity index (χ0n) is 8.67. The summed E-state index contributed by atoms with van der Waals surface area (Å²) in [5.41, 5.74) is 5.25. The van der Waals surface area contributed by atoms with Gasteiger partial charge in [-0.05, 0) is 11.6 Å². The van der Waals surface area contributed by atoms with Gasteiger partial charge in [0.25, 0.3) is 0 Å². The third kappa shape index (κ3) is 8.92. The van der Waals surface area contributed by atoms with Gasteiger partial charge < -0.3 is 5.73 Å². The smallest absolute Gasteiger partial charge is 0.240 e. The molecule has 0 radical (unpaired) electrons. The van der Waals surface area contributed by atoms with Gasteiger partial charge in [-0.2, -0.15) is 0 Å². The molecule has 6 heteroatoms. The minimum Gasteiger partial charge on any atom is -0.366 e. The van der Waals surface area contributed by atoms with Crippen molar-refractivity contribution in [2.24, 2.45) is 10.9 Å². The van der Waals surface area contributed by atoms with Crippen LogP contribution in [0.2, 0.25) is 0 Å². The van der Waals surface area contributed by atoms with Crippen molar-refractivity contribution in [3.05, 3.63) is 48.6 Å². The van der Waals surface area contributed by atoms with Gasteiger partial charge in [0.1, 0.15) is 0 Å². The summed E-state index contributed by atoms with van der Waals surface area (Å²) < 4.78 is 21.2. The number of primary amides is 1. The largest absolute Gasteiger partial charge is 0.366 e. The van der Waals surface area contributed by atoms with Gasteiger partial charge in [-0.1, -0.05) is 36.9 Å². The summed E-state index contributed by atoms with van der Waals surface area (Å²) >= 11 is 0. The molecular weight excluding hydrogens is 228 g/mol. The topological polar surface area (TPSA) is 103 Å². The molecule has 0 atom stereocenters. The Labute approximate surface area is 94.8 Å². The first-order valence-corrected chi connectivity index (χ1v) is 6.03. The number of rotatable bonds is 3. The minimum atomic E-state index is -3.38. The quantitative estimate of drug-likeness (QED) is 0.736. The summed E-state index contributed by atoms with van der Waals surface area (Å²) in [6.45, 7) is 3.09. The van der Waals surface area contributed by atoms with Crippen LogP contribution in [0, 0.1) is 0 Å². The fourth-order valence-corrected chi connectivity index (χ4v) is 1.46. The van der Waals surface area contributed by atoms with Gasteiger partial charge in [0.05, 0.1) is 5.75 Å². The molecule has 16 heavy (non-hydrogen) atoms. The maximum atomic E-state index is 10.6. The van der Waals surface area contributed by atoms with E-state index in [1.807, 2.05) is 6.07 Å². The summed E-state index contributed by atoms with van der Waals surface area (Å²) in [5, 5.41) is 4.84. The maximum Gasteiger partial charge on any atom is 0.240 e. The fourth-order valence-electron chi connectivity index (χ4n) is 0.807. The van der Waals surface area contributed by atoms with Gasteiger partial charge in [-0.3, -0.25) is 4.79 Å². The van der Waals surface area contributed by atoms with Crippen LogP contribution in [0.4, 0.5) is 0 Å². The van der Waals surface area contributed by atoms with E-state index in [1.54, 1.807) is 24.3 Å². The van der Waals surface area contributed by atoms with E-state index in [-0.39, 0.29) is 5.75 Å². The van der Waals surface area contributed by atoms with Crippen LogP contribution >= 0.6 is 0 Å². The molecule has 4 N–H and O–H groups in total. The van der Waals surface area contributed by atoms with Crippen molar-refractivity contribution in [1.82, 2.24) is 0 Å². The van der Waals surface area contributed by atoms with Crippen molar-refractivity contribution in [3.8, 4) is 0 Å². The van der Waals surface area contributed by atoms with Crippen LogP contribution in [-0.4, -0.2) is 14.3 Å². The lowest BCUT2D eigenvalue weighted by atomic mass is 10.2. The van der Waals surface area contributed by atoms with Crippen LogP contribution in [0.15, 0.2) is 43.0 Å². The Morgan fingerprint density at radius 1 is 1.31 bits per heavy atom. The van der Waals surface area contributed by atoms with Crippen LogP contribution in [0.5, 0.6) is 0 Å². The number of benzene rings is 1. The SMILES string of the molecule is C=CC(N)=O.NS(=O)(=O)Cc1ccccc1. The first-order chi connectivity index (χ1) is 7.35. The van der Waals surface area contributed by atoms with E-state index in [0.717, 1.165) is 11.6 Å². The van der Waals surface area contributed by atoms with Crippen molar-refractivity contribution in [2.45, 2.75) is 5.75 Å². The van der Waals surface area contributed by atoms with E-state index >= 15 is 0 Å². The lowest BCUT2D eigenvalue weighted by Crippen LogP contribution is -2.14. The molecule has 0 aliphatic heterocycles. The molecule has 0 aliphatic carbocycles. The van der Waals surface area contributed by atoms with Gasteiger partial charge in [0.15, 0.2) is 0 Å². The monoisotopic (exact) mass is 242 g/mol. The van der Waals surface area contributed by atoms with E-state index in [2.05, 4.69) is 12.3 Å². The lowest BCUT2D eigenvalue weighted by Gasteiger charge is -1.96. The van der Waals surface area contributed by atoms with Crippen molar-refractivity contribution >= 4 is 15.9 Å². The standard InChI is InChI=1S/C7H9NO2S.C3H5NO/c8-11(9,10)6-7-4-2-1-3-5-7;1-2-3(4)5/h1-5H,6H2,(H2,8,9,10);2H,1H2,(H2,4,5). The molecule has 1 rings (SSSR count). The molecule has 0 aliphatic rings. The normalized spacial score (nSPS) is 9.81. The number of nitrogens with two attached hydrogens (primary N) is 2. The van der Waals surface area contributed by atoms with Crippen molar-refractivity contribution in [1.29, 1.82) is 0 Å². The second-order valence-electron chi connectivity index (χ2n) is 2.90. The van der Waals surface area contributed by atoms with Gasteiger partial charge in [0.2, 0.25) is 15.9 Å². The highest BCUT2D eigenvalue weighted by Crippen LogP contribution is 2.01. The molecular formula is C10H14N2O3S. The number of primary sulfonamides is 1. The average Bonchev–Trinajstić information content (AvgIpc) is 2.17. The van der Waals surface area contributed by atoms with E-state index in [1.165, 1.54) is 0 Å². The van der Waals surface area contributed by atoms with Crippen LogP contribution in [-0.2, 0) is 20.6 Å². The summed E-state index contributed by atoms with van der Waals surface area (Å²) in [5.74, 6) is -0.571. The van der Waals surface area contributed by atoms with E-state index < -0.39 is 15.9 Å². The second-order valence-corrected chi connectivity index (χ2v) is 4.51. The molecule has 5 nitrogen and oxygen atoms in total. The highest BCUT2D eigenvalue weighted by atomic mass is 32.2. The number of carbonyl (C=O) groups is 1. The fraction of sp³-hybridized carbons (Fsp3) is 0.100. The Balaban J connectivity index is 0.000000385. The van der Waals surface area contributed by atoms with E-state index in [4.69, 9.17) is 5.14 Å². The number of carbonyl (C=O) groups excluding carboxylic acids is 1. The Hall–Kier alpha value is -1.66. The van der Waals surface area contributed by atoms with Crippen LogP contribution < -0.4 is 10.9 Å². The molecule has 1 aromatic carbocycles. The molecule has 0 saturated heterocycles. The number of amides is 1. The van der Waals surface area contributed by atoms with Gasteiger partial charge in [-0.15, -0.1) is 0 Å². The van der Waals surface area contributed by atoms with E-state index in [0.29, 0.717) is 0 Å². The average molecular weight is 242 g/mol. The van der Waals surface area contributed by atoms with Crippen LogP contribution in [0.25, 0.3) is 0 Å². The van der Waals surface area contributed by atoms with Crippen LogP contribution in [0.3, 0.4) is 0 Å². The minimum absolute atomic E-state index is 0.0894. The summed E-state index contributed by atoms with van der Waals surface area (Å²) in [4.78, 5) is 9.47. The number of hydrogen-bond donors (Lipinski definition) is 2. The van der Waals surface area contributed by atoms with E-state index in [9.17, 15) is 13.2 Å². The molecule has 1 amide bonds. The molecule has 1 aromatic rings. The first kappa shape index (κ1) is 14.3. The number of sulfonamides is 1. The van der Waals surface area contributed by atoms with Gasteiger partial charge in [-0.25, -0.2) is 13.6 Å². The Bertz CT molecular complexity index is 440. The molecule has 88 valence electrons. The predicted molar refractivity (Wildman–Crippen MR) is 62.6 cm³/mol. The molecule has 0 saturated carbocycles. The highest BCUT2D eigenvalue weighted by molar-refractivity contribution is 7.88. The van der Waals surface area contributed by atoms with Crippen molar-refractivity contribution in [2.75, 3.05) is 0 Å². The molecule has 0 aromatic heterocycles. The van der Waals surface area contributed by atoms with Gasteiger partial charge >= 0.3 is 0 Å². The summed E-state index contributed by atoms with van der Waals surface area (Å²) in [7, 11) is -3.38. The van der Waals surface area contributed by atoms with Gasteiger partial charge in [0, 0.05) is 0 Å². The number of hydrogen-bond acceptors (Lipinski definition) is 3. The third-order valence-electron chi connectivity index (χ3n) is 1.41. The highest BCUT2D eigenvalue weighted by Gasteiger charge is 2.02. The zero-order chi connectivity index (χ0) is 12.6. The van der Waals surface area contributed by atoms with Crippen molar-refractivity contribution < 1.29 is 13.2 Å². The molecule has 0 unspecified atom stereocenters. The molecule has 0 bridgehead atoms. The Morgan fingerprint density at radius 3 is 2.06 bits per heavy atom. The maximum absolute atomic E-state index is 10.6. The predicted octanol–water partition coefficient (Wildman–Crippen LogP) is 0.133. The summed E-state index contributed by atoms with van der Waals surface area (Å²) in [6, 6.07) is 8.84. The zero-order valence-corrected chi connectivity index (χ0v) is 9.48. The first-order valence-electron chi connectivity index (χ1n) is 4.31. The third-order valence-corrected chi connectivity index (χ3v) is 2.15.